The summed E-state index contributed by atoms with van der Waals surface area (Å²) in [4.78, 5) is 6.67. The Morgan fingerprint density at radius 1 is 1.38 bits per heavy atom. The Morgan fingerprint density at radius 2 is 2.08 bits per heavy atom. The van der Waals surface area contributed by atoms with Crippen LogP contribution >= 0.6 is 15.9 Å². The van der Waals surface area contributed by atoms with Gasteiger partial charge in [0.05, 0.1) is 5.69 Å². The van der Waals surface area contributed by atoms with Crippen LogP contribution in [0.2, 0.25) is 0 Å². The molecule has 72 valence electrons. The summed E-state index contributed by atoms with van der Waals surface area (Å²) in [5.41, 5.74) is 1.12. The first kappa shape index (κ1) is 10.7. The second-order valence-electron chi connectivity index (χ2n) is 2.89. The molecule has 3 heteroatoms. The van der Waals surface area contributed by atoms with Crippen LogP contribution in [0.3, 0.4) is 0 Å². The van der Waals surface area contributed by atoms with E-state index in [4.69, 9.17) is 0 Å². The molecule has 0 radical (unpaired) electrons. The predicted octanol–water partition coefficient (Wildman–Crippen LogP) is 2.69. The average molecular weight is 243 g/mol. The molecular weight excluding hydrogens is 228 g/mol. The molecule has 1 heterocycles. The van der Waals surface area contributed by atoms with Crippen LogP contribution in [0.5, 0.6) is 0 Å². The van der Waals surface area contributed by atoms with Gasteiger partial charge in [0.25, 0.3) is 0 Å². The molecule has 0 amide bonds. The molecule has 13 heavy (non-hydrogen) atoms. The number of pyridine rings is 1. The van der Waals surface area contributed by atoms with Crippen molar-refractivity contribution in [3.63, 3.8) is 0 Å². The normalized spacial score (nSPS) is 10.8. The highest BCUT2D eigenvalue weighted by atomic mass is 79.9. The van der Waals surface area contributed by atoms with Crippen molar-refractivity contribution in [3.8, 4) is 0 Å². The van der Waals surface area contributed by atoms with Gasteiger partial charge in [0.15, 0.2) is 0 Å². The number of halogens is 1. The summed E-state index contributed by atoms with van der Waals surface area (Å²) in [5, 5.41) is 0. The fraction of sp³-hybridized carbons (Fsp3) is 0.500. The first-order valence-electron chi connectivity index (χ1n) is 4.59. The van der Waals surface area contributed by atoms with E-state index in [0.29, 0.717) is 0 Å². The van der Waals surface area contributed by atoms with Crippen molar-refractivity contribution in [1.29, 1.82) is 0 Å². The summed E-state index contributed by atoms with van der Waals surface area (Å²) < 4.78 is 1.10. The van der Waals surface area contributed by atoms with Crippen LogP contribution in [0.25, 0.3) is 0 Å². The van der Waals surface area contributed by atoms with Crippen LogP contribution in [0.15, 0.2) is 22.8 Å². The van der Waals surface area contributed by atoms with Crippen LogP contribution in [-0.2, 0) is 6.54 Å². The summed E-state index contributed by atoms with van der Waals surface area (Å²) >= 11 is 3.49. The molecule has 0 spiro atoms. The summed E-state index contributed by atoms with van der Waals surface area (Å²) in [6, 6.07) is 3.97. The molecule has 0 saturated carbocycles. The molecule has 0 aliphatic carbocycles. The van der Waals surface area contributed by atoms with E-state index in [-0.39, 0.29) is 0 Å². The lowest BCUT2D eigenvalue weighted by molar-refractivity contribution is 0.291. The highest BCUT2D eigenvalue weighted by molar-refractivity contribution is 9.10. The molecule has 0 aliphatic heterocycles. The molecule has 0 N–H and O–H groups in total. The minimum atomic E-state index is 0.925. The molecule has 1 aromatic heterocycles. The lowest BCUT2D eigenvalue weighted by Gasteiger charge is -2.17. The van der Waals surface area contributed by atoms with Crippen molar-refractivity contribution in [2.24, 2.45) is 0 Å². The van der Waals surface area contributed by atoms with E-state index in [0.717, 1.165) is 29.8 Å². The molecular formula is C10H15BrN2. The van der Waals surface area contributed by atoms with Crippen LogP contribution in [0.1, 0.15) is 19.5 Å². The first-order valence-corrected chi connectivity index (χ1v) is 5.39. The topological polar surface area (TPSA) is 16.1 Å². The third-order valence-corrected chi connectivity index (χ3v) is 2.82. The summed E-state index contributed by atoms with van der Waals surface area (Å²) in [6.07, 6.45) is 1.84. The van der Waals surface area contributed by atoms with Gasteiger partial charge in [-0.15, -0.1) is 0 Å². The van der Waals surface area contributed by atoms with E-state index >= 15 is 0 Å². The standard InChI is InChI=1S/C10H15BrN2/c1-3-13(4-2)8-10-9(11)6-5-7-12-10/h5-7H,3-4,8H2,1-2H3. The van der Waals surface area contributed by atoms with Gasteiger partial charge in [-0.25, -0.2) is 0 Å². The lowest BCUT2D eigenvalue weighted by atomic mass is 10.3. The second kappa shape index (κ2) is 5.35. The van der Waals surface area contributed by atoms with Crippen LogP contribution in [0, 0.1) is 0 Å². The summed E-state index contributed by atoms with van der Waals surface area (Å²) in [5.74, 6) is 0. The van der Waals surface area contributed by atoms with E-state index in [9.17, 15) is 0 Å². The smallest absolute Gasteiger partial charge is 0.0685 e. The summed E-state index contributed by atoms with van der Waals surface area (Å²) in [7, 11) is 0. The number of rotatable bonds is 4. The Balaban J connectivity index is 2.67. The molecule has 1 aromatic rings. The van der Waals surface area contributed by atoms with Gasteiger partial charge in [-0.05, 0) is 41.2 Å². The minimum absolute atomic E-state index is 0.925. The number of hydrogen-bond donors (Lipinski definition) is 0. The zero-order valence-electron chi connectivity index (χ0n) is 8.13. The Kier molecular flexibility index (Phi) is 4.39. The Labute approximate surface area is 88.1 Å². The van der Waals surface area contributed by atoms with E-state index < -0.39 is 0 Å². The maximum Gasteiger partial charge on any atom is 0.0685 e. The lowest BCUT2D eigenvalue weighted by Crippen LogP contribution is -2.22. The van der Waals surface area contributed by atoms with Gasteiger partial charge in [-0.2, -0.15) is 0 Å². The van der Waals surface area contributed by atoms with Crippen LogP contribution in [-0.4, -0.2) is 23.0 Å². The first-order chi connectivity index (χ1) is 6.27. The van der Waals surface area contributed by atoms with Crippen LogP contribution in [0.4, 0.5) is 0 Å². The molecule has 0 saturated heterocycles. The van der Waals surface area contributed by atoms with Gasteiger partial charge < -0.3 is 0 Å². The van der Waals surface area contributed by atoms with Crippen molar-refractivity contribution in [2.75, 3.05) is 13.1 Å². The largest absolute Gasteiger partial charge is 0.298 e. The maximum atomic E-state index is 4.33. The second-order valence-corrected chi connectivity index (χ2v) is 3.75. The molecule has 0 bridgehead atoms. The van der Waals surface area contributed by atoms with Gasteiger partial charge in [0.1, 0.15) is 0 Å². The quantitative estimate of drug-likeness (QED) is 0.808. The van der Waals surface area contributed by atoms with Gasteiger partial charge in [0.2, 0.25) is 0 Å². The Bertz CT molecular complexity index is 259. The van der Waals surface area contributed by atoms with Crippen molar-refractivity contribution in [1.82, 2.24) is 9.88 Å². The highest BCUT2D eigenvalue weighted by Gasteiger charge is 2.04. The molecule has 0 fully saturated rings. The van der Waals surface area contributed by atoms with Crippen molar-refractivity contribution in [2.45, 2.75) is 20.4 Å². The molecule has 1 rings (SSSR count). The van der Waals surface area contributed by atoms with Gasteiger partial charge in [0, 0.05) is 17.2 Å². The molecule has 2 nitrogen and oxygen atoms in total. The monoisotopic (exact) mass is 242 g/mol. The Morgan fingerprint density at radius 3 is 2.62 bits per heavy atom. The van der Waals surface area contributed by atoms with E-state index in [1.165, 1.54) is 0 Å². The molecule has 0 atom stereocenters. The Hall–Kier alpha value is -0.410. The fourth-order valence-corrected chi connectivity index (χ4v) is 1.57. The van der Waals surface area contributed by atoms with Crippen molar-refractivity contribution < 1.29 is 0 Å². The van der Waals surface area contributed by atoms with Gasteiger partial charge in [-0.3, -0.25) is 9.88 Å². The third kappa shape index (κ3) is 3.08. The molecule has 0 aliphatic rings. The highest BCUT2D eigenvalue weighted by Crippen LogP contribution is 2.14. The summed E-state index contributed by atoms with van der Waals surface area (Å²) in [6.45, 7) is 7.40. The number of nitrogens with zero attached hydrogens (tertiary/aromatic N) is 2. The fourth-order valence-electron chi connectivity index (χ4n) is 1.19. The third-order valence-electron chi connectivity index (χ3n) is 2.10. The maximum absolute atomic E-state index is 4.33. The predicted molar refractivity (Wildman–Crippen MR) is 58.6 cm³/mol. The minimum Gasteiger partial charge on any atom is -0.298 e. The van der Waals surface area contributed by atoms with E-state index in [1.807, 2.05) is 18.3 Å². The zero-order valence-corrected chi connectivity index (χ0v) is 9.71. The van der Waals surface area contributed by atoms with Crippen molar-refractivity contribution in [3.05, 3.63) is 28.5 Å². The molecule has 0 unspecified atom stereocenters. The average Bonchev–Trinajstić information content (AvgIpc) is 2.17. The SMILES string of the molecule is CCN(CC)Cc1ncccc1Br. The zero-order chi connectivity index (χ0) is 9.68. The number of hydrogen-bond acceptors (Lipinski definition) is 2. The van der Waals surface area contributed by atoms with E-state index in [2.05, 4.69) is 39.7 Å². The van der Waals surface area contributed by atoms with Gasteiger partial charge >= 0.3 is 0 Å². The van der Waals surface area contributed by atoms with Gasteiger partial charge in [-0.1, -0.05) is 13.8 Å². The number of aromatic nitrogens is 1. The molecule has 0 aromatic carbocycles. The van der Waals surface area contributed by atoms with Crippen molar-refractivity contribution >= 4 is 15.9 Å². The van der Waals surface area contributed by atoms with E-state index in [1.54, 1.807) is 0 Å². The van der Waals surface area contributed by atoms with Crippen LogP contribution < -0.4 is 0 Å².